The van der Waals surface area contributed by atoms with Crippen molar-refractivity contribution in [3.8, 4) is 5.75 Å². The number of carbonyl (C=O) groups is 2. The molecule has 0 saturated heterocycles. The van der Waals surface area contributed by atoms with Gasteiger partial charge in [-0.05, 0) is 36.8 Å². The number of amides is 2. The summed E-state index contributed by atoms with van der Waals surface area (Å²) in [4.78, 5) is 30.7. The van der Waals surface area contributed by atoms with Crippen LogP contribution in [0, 0.1) is 0 Å². The Kier molecular flexibility index (Phi) is 5.43. The molecule has 1 N–H and O–H groups in total. The van der Waals surface area contributed by atoms with E-state index in [2.05, 4.69) is 10.5 Å². The monoisotopic (exact) mass is 333 g/mol. The van der Waals surface area contributed by atoms with Gasteiger partial charge in [0, 0.05) is 33.5 Å². The topological polar surface area (TPSA) is 80.2 Å². The fourth-order valence-corrected chi connectivity index (χ4v) is 2.29. The van der Waals surface area contributed by atoms with Crippen molar-refractivity contribution in [3.63, 3.8) is 0 Å². The first kappa shape index (κ1) is 17.8. The molecule has 7 nitrogen and oxygen atoms in total. The zero-order valence-corrected chi connectivity index (χ0v) is 14.5. The molecule has 1 aromatic carbocycles. The van der Waals surface area contributed by atoms with E-state index in [4.69, 9.17) is 9.57 Å². The van der Waals surface area contributed by atoms with Crippen LogP contribution < -0.4 is 10.1 Å². The lowest BCUT2D eigenvalue weighted by Gasteiger charge is -2.20. The van der Waals surface area contributed by atoms with Crippen molar-refractivity contribution in [2.24, 2.45) is 5.16 Å². The third-order valence-electron chi connectivity index (χ3n) is 3.89. The van der Waals surface area contributed by atoms with Crippen LogP contribution in [0.15, 0.2) is 29.4 Å². The summed E-state index contributed by atoms with van der Waals surface area (Å²) < 4.78 is 5.13. The molecule has 2 amide bonds. The molecule has 1 aliphatic heterocycles. The van der Waals surface area contributed by atoms with Crippen LogP contribution in [0.4, 0.5) is 0 Å². The van der Waals surface area contributed by atoms with E-state index in [1.54, 1.807) is 28.1 Å². The Hall–Kier alpha value is -2.57. The zero-order valence-electron chi connectivity index (χ0n) is 14.5. The summed E-state index contributed by atoms with van der Waals surface area (Å²) in [5.74, 6) is 0.439. The lowest BCUT2D eigenvalue weighted by Crippen LogP contribution is -2.45. The van der Waals surface area contributed by atoms with Crippen molar-refractivity contribution in [1.29, 1.82) is 0 Å². The zero-order chi connectivity index (χ0) is 17.7. The first-order valence-electron chi connectivity index (χ1n) is 7.73. The number of carbonyl (C=O) groups excluding carboxylic acids is 2. The van der Waals surface area contributed by atoms with Crippen molar-refractivity contribution in [1.82, 2.24) is 10.2 Å². The second-order valence-electron chi connectivity index (χ2n) is 6.06. The van der Waals surface area contributed by atoms with Gasteiger partial charge in [0.15, 0.2) is 0 Å². The molecule has 0 radical (unpaired) electrons. The minimum atomic E-state index is -1.06. The minimum absolute atomic E-state index is 0.0389. The average Bonchev–Trinajstić information content (AvgIpc) is 2.98. The van der Waals surface area contributed by atoms with Gasteiger partial charge in [0.1, 0.15) is 5.75 Å². The molecule has 2 rings (SSSR count). The smallest absolute Gasteiger partial charge is 0.267 e. The number of methoxy groups -OCH3 is 1. The first-order chi connectivity index (χ1) is 11.4. The van der Waals surface area contributed by atoms with Crippen molar-refractivity contribution in [2.75, 3.05) is 27.7 Å². The summed E-state index contributed by atoms with van der Waals surface area (Å²) in [5, 5.41) is 6.78. The van der Waals surface area contributed by atoms with E-state index in [-0.39, 0.29) is 24.8 Å². The molecule has 1 aromatic rings. The molecular formula is C17H23N3O4. The van der Waals surface area contributed by atoms with Crippen LogP contribution in [-0.4, -0.2) is 55.8 Å². The Morgan fingerprint density at radius 2 is 2.00 bits per heavy atom. The van der Waals surface area contributed by atoms with Crippen LogP contribution in [-0.2, 0) is 14.4 Å². The third kappa shape index (κ3) is 4.04. The molecule has 7 heteroatoms. The largest absolute Gasteiger partial charge is 0.497 e. The molecule has 0 bridgehead atoms. The Balaban J connectivity index is 1.90. The van der Waals surface area contributed by atoms with Crippen molar-refractivity contribution < 1.29 is 19.2 Å². The van der Waals surface area contributed by atoms with Crippen LogP contribution in [0.5, 0.6) is 5.75 Å². The molecule has 1 heterocycles. The van der Waals surface area contributed by atoms with E-state index in [0.29, 0.717) is 12.1 Å². The first-order valence-corrected chi connectivity index (χ1v) is 7.73. The highest BCUT2D eigenvalue weighted by atomic mass is 16.7. The Morgan fingerprint density at radius 3 is 2.58 bits per heavy atom. The van der Waals surface area contributed by atoms with Gasteiger partial charge < -0.3 is 19.8 Å². The quantitative estimate of drug-likeness (QED) is 0.847. The average molecular weight is 333 g/mol. The molecule has 0 fully saturated rings. The number of nitrogens with zero attached hydrogens (tertiary/aromatic N) is 2. The van der Waals surface area contributed by atoms with E-state index in [9.17, 15) is 9.59 Å². The summed E-state index contributed by atoms with van der Waals surface area (Å²) in [6.07, 6.45) is 0.619. The van der Waals surface area contributed by atoms with Crippen molar-refractivity contribution in [2.45, 2.75) is 25.4 Å². The molecule has 24 heavy (non-hydrogen) atoms. The summed E-state index contributed by atoms with van der Waals surface area (Å²) in [6, 6.07) is 7.42. The van der Waals surface area contributed by atoms with Crippen LogP contribution in [0.3, 0.4) is 0 Å². The van der Waals surface area contributed by atoms with Gasteiger partial charge in [-0.15, -0.1) is 0 Å². The number of ether oxygens (including phenoxy) is 1. The van der Waals surface area contributed by atoms with Gasteiger partial charge in [-0.25, -0.2) is 0 Å². The maximum absolute atomic E-state index is 12.3. The second kappa shape index (κ2) is 7.33. The lowest BCUT2D eigenvalue weighted by molar-refractivity contribution is -0.141. The van der Waals surface area contributed by atoms with Crippen LogP contribution in [0.2, 0.25) is 0 Å². The van der Waals surface area contributed by atoms with Crippen LogP contribution >= 0.6 is 0 Å². The minimum Gasteiger partial charge on any atom is -0.497 e. The van der Waals surface area contributed by atoms with Gasteiger partial charge in [-0.1, -0.05) is 5.16 Å². The maximum Gasteiger partial charge on any atom is 0.267 e. The Labute approximate surface area is 141 Å². The molecule has 1 aliphatic rings. The lowest BCUT2D eigenvalue weighted by atomic mass is 9.95. The predicted molar refractivity (Wildman–Crippen MR) is 90.0 cm³/mol. The predicted octanol–water partition coefficient (Wildman–Crippen LogP) is 1.17. The summed E-state index contributed by atoms with van der Waals surface area (Å²) in [6.45, 7) is 1.96. The summed E-state index contributed by atoms with van der Waals surface area (Å²) in [5.41, 5.74) is 0.533. The number of hydrogen-bond donors (Lipinski definition) is 1. The van der Waals surface area contributed by atoms with Gasteiger partial charge in [0.25, 0.3) is 5.91 Å². The van der Waals surface area contributed by atoms with E-state index >= 15 is 0 Å². The van der Waals surface area contributed by atoms with Gasteiger partial charge in [-0.2, -0.15) is 0 Å². The molecule has 1 atom stereocenters. The van der Waals surface area contributed by atoms with Gasteiger partial charge in [0.2, 0.25) is 11.5 Å². The molecule has 0 spiro atoms. The highest BCUT2D eigenvalue weighted by molar-refractivity contribution is 6.05. The van der Waals surface area contributed by atoms with E-state index < -0.39 is 5.60 Å². The molecule has 0 aromatic heterocycles. The number of rotatable bonds is 6. The standard InChI is InChI=1S/C17H23N3O4/c1-17(16(22)18-10-9-15(21)20(2)3)11-14(19-24-17)12-5-7-13(23-4)8-6-12/h5-8H,9-11H2,1-4H3,(H,18,22)/t17-/m0/s1. The third-order valence-corrected chi connectivity index (χ3v) is 3.89. The van der Waals surface area contributed by atoms with Gasteiger partial charge in [0.05, 0.1) is 12.8 Å². The molecule has 0 saturated carbocycles. The van der Waals surface area contributed by atoms with Crippen LogP contribution in [0.25, 0.3) is 0 Å². The normalized spacial score (nSPS) is 19.2. The molecule has 0 unspecified atom stereocenters. The van der Waals surface area contributed by atoms with Crippen molar-refractivity contribution >= 4 is 17.5 Å². The number of nitrogens with one attached hydrogen (secondary N) is 1. The van der Waals surface area contributed by atoms with E-state index in [0.717, 1.165) is 11.3 Å². The Bertz CT molecular complexity index is 640. The number of benzene rings is 1. The number of hydrogen-bond acceptors (Lipinski definition) is 5. The fourth-order valence-electron chi connectivity index (χ4n) is 2.29. The van der Waals surface area contributed by atoms with E-state index in [1.807, 2.05) is 24.3 Å². The van der Waals surface area contributed by atoms with Gasteiger partial charge >= 0.3 is 0 Å². The van der Waals surface area contributed by atoms with E-state index in [1.165, 1.54) is 4.90 Å². The van der Waals surface area contributed by atoms with Crippen molar-refractivity contribution in [3.05, 3.63) is 29.8 Å². The molecular weight excluding hydrogens is 310 g/mol. The molecule has 130 valence electrons. The highest BCUT2D eigenvalue weighted by Gasteiger charge is 2.42. The number of oxime groups is 1. The summed E-state index contributed by atoms with van der Waals surface area (Å²) >= 11 is 0. The Morgan fingerprint density at radius 1 is 1.33 bits per heavy atom. The van der Waals surface area contributed by atoms with Gasteiger partial charge in [-0.3, -0.25) is 9.59 Å². The van der Waals surface area contributed by atoms with Crippen LogP contribution in [0.1, 0.15) is 25.3 Å². The SMILES string of the molecule is COc1ccc(C2=NO[C@](C)(C(=O)NCCC(=O)N(C)C)C2)cc1. The summed E-state index contributed by atoms with van der Waals surface area (Å²) in [7, 11) is 4.97. The molecule has 0 aliphatic carbocycles. The highest BCUT2D eigenvalue weighted by Crippen LogP contribution is 2.27. The second-order valence-corrected chi connectivity index (χ2v) is 6.06. The maximum atomic E-state index is 12.3. The fraction of sp³-hybridized carbons (Fsp3) is 0.471.